The highest BCUT2D eigenvalue weighted by molar-refractivity contribution is 5.95. The Morgan fingerprint density at radius 1 is 1.23 bits per heavy atom. The number of aryl methyl sites for hydroxylation is 1. The average Bonchev–Trinajstić information content (AvgIpc) is 3.16. The molecule has 2 amide bonds. The molecule has 0 spiro atoms. The van der Waals surface area contributed by atoms with Gasteiger partial charge in [0.1, 0.15) is 6.10 Å². The summed E-state index contributed by atoms with van der Waals surface area (Å²) in [5.41, 5.74) is 1.53. The van der Waals surface area contributed by atoms with E-state index in [1.54, 1.807) is 43.1 Å². The first-order valence-corrected chi connectivity index (χ1v) is 10.7. The van der Waals surface area contributed by atoms with Crippen LogP contribution in [-0.2, 0) is 18.4 Å². The fourth-order valence-corrected chi connectivity index (χ4v) is 3.77. The number of likely N-dealkylation sites (tertiary alicyclic amines) is 1. The van der Waals surface area contributed by atoms with E-state index in [1.807, 2.05) is 36.9 Å². The smallest absolute Gasteiger partial charge is 0.254 e. The molecule has 1 aromatic heterocycles. The van der Waals surface area contributed by atoms with Crippen LogP contribution in [0.2, 0.25) is 0 Å². The topological polar surface area (TPSA) is 76.9 Å². The summed E-state index contributed by atoms with van der Waals surface area (Å²) in [7, 11) is 3.43. The van der Waals surface area contributed by atoms with Crippen molar-refractivity contribution in [3.63, 3.8) is 0 Å². The molecule has 31 heavy (non-hydrogen) atoms. The van der Waals surface area contributed by atoms with Gasteiger partial charge in [-0.1, -0.05) is 0 Å². The number of methoxy groups -OCH3 is 1. The summed E-state index contributed by atoms with van der Waals surface area (Å²) in [5, 5.41) is 4.19. The van der Waals surface area contributed by atoms with E-state index >= 15 is 0 Å². The van der Waals surface area contributed by atoms with Crippen molar-refractivity contribution in [2.75, 3.05) is 20.2 Å². The van der Waals surface area contributed by atoms with Crippen LogP contribution in [0.4, 0.5) is 0 Å². The van der Waals surface area contributed by atoms with Crippen LogP contribution in [-0.4, -0.2) is 63.7 Å². The van der Waals surface area contributed by atoms with E-state index < -0.39 is 0 Å². The normalized spacial score (nSPS) is 14.6. The Morgan fingerprint density at radius 2 is 1.94 bits per heavy atom. The number of piperidine rings is 1. The van der Waals surface area contributed by atoms with Gasteiger partial charge >= 0.3 is 0 Å². The summed E-state index contributed by atoms with van der Waals surface area (Å²) < 4.78 is 13.4. The number of nitrogens with zero attached hydrogens (tertiary/aromatic N) is 4. The minimum atomic E-state index is -0.0709. The van der Waals surface area contributed by atoms with Gasteiger partial charge in [-0.15, -0.1) is 0 Å². The molecule has 168 valence electrons. The van der Waals surface area contributed by atoms with Crippen LogP contribution >= 0.6 is 0 Å². The van der Waals surface area contributed by atoms with Gasteiger partial charge in [-0.3, -0.25) is 14.3 Å². The maximum Gasteiger partial charge on any atom is 0.254 e. The average molecular weight is 429 g/mol. The van der Waals surface area contributed by atoms with Gasteiger partial charge in [0.2, 0.25) is 5.91 Å². The number of carbonyl (C=O) groups is 2. The molecule has 0 saturated carbocycles. The molecule has 0 aliphatic carbocycles. The molecule has 2 heterocycles. The molecule has 0 atom stereocenters. The lowest BCUT2D eigenvalue weighted by atomic mass is 10.1. The number of aromatic nitrogens is 2. The second kappa shape index (κ2) is 9.85. The predicted octanol–water partition coefficient (Wildman–Crippen LogP) is 2.87. The van der Waals surface area contributed by atoms with Crippen molar-refractivity contribution in [3.8, 4) is 11.5 Å². The van der Waals surface area contributed by atoms with Gasteiger partial charge in [-0.25, -0.2) is 0 Å². The van der Waals surface area contributed by atoms with E-state index in [1.165, 1.54) is 0 Å². The fraction of sp³-hybridized carbons (Fsp3) is 0.522. The molecule has 0 bridgehead atoms. The van der Waals surface area contributed by atoms with Crippen molar-refractivity contribution < 1.29 is 19.1 Å². The predicted molar refractivity (Wildman–Crippen MR) is 117 cm³/mol. The van der Waals surface area contributed by atoms with Crippen LogP contribution < -0.4 is 9.47 Å². The third-order valence-electron chi connectivity index (χ3n) is 5.59. The number of hydrogen-bond acceptors (Lipinski definition) is 5. The quantitative estimate of drug-likeness (QED) is 0.678. The first-order chi connectivity index (χ1) is 14.8. The zero-order valence-corrected chi connectivity index (χ0v) is 19.0. The van der Waals surface area contributed by atoms with Gasteiger partial charge < -0.3 is 19.3 Å². The SMILES string of the molecule is COc1cc(C(=O)N(Cc2cnn(C)c2)C(C)C)ccc1OC1CCN(C(C)=O)CC1. The van der Waals surface area contributed by atoms with Gasteiger partial charge in [-0.2, -0.15) is 5.10 Å². The van der Waals surface area contributed by atoms with Crippen LogP contribution in [0.3, 0.4) is 0 Å². The minimum Gasteiger partial charge on any atom is -0.493 e. The molecule has 8 heteroatoms. The van der Waals surface area contributed by atoms with Gasteiger partial charge in [0.05, 0.1) is 13.3 Å². The van der Waals surface area contributed by atoms with E-state index in [4.69, 9.17) is 9.47 Å². The monoisotopic (exact) mass is 428 g/mol. The Labute approximate surface area is 183 Å². The highest BCUT2D eigenvalue weighted by Gasteiger charge is 2.25. The summed E-state index contributed by atoms with van der Waals surface area (Å²) in [6, 6.07) is 5.34. The van der Waals surface area contributed by atoms with Gasteiger partial charge in [0.25, 0.3) is 5.91 Å². The van der Waals surface area contributed by atoms with Gasteiger partial charge in [-0.05, 0) is 32.0 Å². The number of rotatable bonds is 7. The molecule has 8 nitrogen and oxygen atoms in total. The molecule has 1 saturated heterocycles. The van der Waals surface area contributed by atoms with Gasteiger partial charge in [0, 0.05) is 69.8 Å². The second-order valence-corrected chi connectivity index (χ2v) is 8.24. The molecule has 3 rings (SSSR count). The number of carbonyl (C=O) groups excluding carboxylic acids is 2. The van der Waals surface area contributed by atoms with Crippen molar-refractivity contribution >= 4 is 11.8 Å². The van der Waals surface area contributed by atoms with Crippen molar-refractivity contribution in [1.82, 2.24) is 19.6 Å². The minimum absolute atomic E-state index is 0.0174. The standard InChI is InChI=1S/C23H32N4O4/c1-16(2)27(15-18-13-24-25(4)14-18)23(29)19-6-7-21(22(12-19)30-5)31-20-8-10-26(11-9-20)17(3)28/h6-7,12-14,16,20H,8-11,15H2,1-5H3. The highest BCUT2D eigenvalue weighted by Crippen LogP contribution is 2.31. The molecular weight excluding hydrogens is 396 g/mol. The van der Waals surface area contributed by atoms with E-state index in [0.29, 0.717) is 36.7 Å². The lowest BCUT2D eigenvalue weighted by molar-refractivity contribution is -0.130. The van der Waals surface area contributed by atoms with E-state index in [-0.39, 0.29) is 24.0 Å². The molecule has 1 aliphatic rings. The molecule has 1 fully saturated rings. The number of benzene rings is 1. The van der Waals surface area contributed by atoms with Crippen LogP contribution in [0.5, 0.6) is 11.5 Å². The third-order valence-corrected chi connectivity index (χ3v) is 5.59. The molecule has 2 aromatic rings. The number of amides is 2. The summed E-state index contributed by atoms with van der Waals surface area (Å²) in [6.45, 7) is 7.45. The Balaban J connectivity index is 1.72. The Morgan fingerprint density at radius 3 is 2.48 bits per heavy atom. The highest BCUT2D eigenvalue weighted by atomic mass is 16.5. The first kappa shape index (κ1) is 22.7. The summed E-state index contributed by atoms with van der Waals surface area (Å²) in [6.07, 6.45) is 5.25. The number of ether oxygens (including phenoxy) is 2. The molecule has 1 aromatic carbocycles. The van der Waals surface area contributed by atoms with Crippen LogP contribution in [0, 0.1) is 0 Å². The lowest BCUT2D eigenvalue weighted by Gasteiger charge is -2.32. The molecule has 0 radical (unpaired) electrons. The zero-order chi connectivity index (χ0) is 22.5. The zero-order valence-electron chi connectivity index (χ0n) is 19.0. The summed E-state index contributed by atoms with van der Waals surface area (Å²) >= 11 is 0. The summed E-state index contributed by atoms with van der Waals surface area (Å²) in [4.78, 5) is 28.4. The van der Waals surface area contributed by atoms with Crippen molar-refractivity contribution in [1.29, 1.82) is 0 Å². The van der Waals surface area contributed by atoms with Crippen molar-refractivity contribution in [2.24, 2.45) is 7.05 Å². The number of hydrogen-bond donors (Lipinski definition) is 0. The summed E-state index contributed by atoms with van der Waals surface area (Å²) in [5.74, 6) is 1.17. The maximum atomic E-state index is 13.2. The van der Waals surface area contributed by atoms with E-state index in [2.05, 4.69) is 5.10 Å². The first-order valence-electron chi connectivity index (χ1n) is 10.7. The Bertz CT molecular complexity index is 916. The van der Waals surface area contributed by atoms with E-state index in [9.17, 15) is 9.59 Å². The van der Waals surface area contributed by atoms with E-state index in [0.717, 1.165) is 18.4 Å². The van der Waals surface area contributed by atoms with Crippen LogP contribution in [0.15, 0.2) is 30.6 Å². The molecule has 0 N–H and O–H groups in total. The largest absolute Gasteiger partial charge is 0.493 e. The Hall–Kier alpha value is -3.03. The van der Waals surface area contributed by atoms with Crippen molar-refractivity contribution in [2.45, 2.75) is 52.3 Å². The van der Waals surface area contributed by atoms with Crippen LogP contribution in [0.25, 0.3) is 0 Å². The lowest BCUT2D eigenvalue weighted by Crippen LogP contribution is -2.40. The van der Waals surface area contributed by atoms with Crippen LogP contribution in [0.1, 0.15) is 49.5 Å². The van der Waals surface area contributed by atoms with Gasteiger partial charge in [0.15, 0.2) is 11.5 Å². The molecule has 0 unspecified atom stereocenters. The van der Waals surface area contributed by atoms with Crippen molar-refractivity contribution in [3.05, 3.63) is 41.7 Å². The second-order valence-electron chi connectivity index (χ2n) is 8.24. The molecule has 1 aliphatic heterocycles. The fourth-order valence-electron chi connectivity index (χ4n) is 3.77. The third kappa shape index (κ3) is 5.57. The maximum absolute atomic E-state index is 13.2. The Kier molecular flexibility index (Phi) is 7.20. The molecular formula is C23H32N4O4.